The summed E-state index contributed by atoms with van der Waals surface area (Å²) in [6.45, 7) is 2.02. The lowest BCUT2D eigenvalue weighted by molar-refractivity contribution is -0.178. The van der Waals surface area contributed by atoms with Crippen molar-refractivity contribution in [1.82, 2.24) is 0 Å². The van der Waals surface area contributed by atoms with Crippen molar-refractivity contribution in [3.8, 4) is 0 Å². The Hall–Kier alpha value is -0.120. The highest BCUT2D eigenvalue weighted by Crippen LogP contribution is 2.17. The first-order valence-corrected chi connectivity index (χ1v) is 3.66. The maximum atomic E-state index is 5.73. The molecule has 1 saturated heterocycles. The molecule has 0 radical (unpaired) electrons. The summed E-state index contributed by atoms with van der Waals surface area (Å²) in [5.41, 5.74) is 5.73. The molecule has 1 rings (SSSR count). The Morgan fingerprint density at radius 3 is 2.70 bits per heavy atom. The van der Waals surface area contributed by atoms with Crippen molar-refractivity contribution in [3.05, 3.63) is 0 Å². The minimum Gasteiger partial charge on any atom is -0.356 e. The molecule has 0 aliphatic carbocycles. The summed E-state index contributed by atoms with van der Waals surface area (Å²) in [6, 6.07) is 0.244. The normalized spacial score (nSPS) is 41.7. The molecular weight excluding hydrogens is 130 g/mol. The Bertz CT molecular complexity index is 97.8. The summed E-state index contributed by atoms with van der Waals surface area (Å²) in [6.07, 6.45) is 1.92. The van der Waals surface area contributed by atoms with Crippen LogP contribution < -0.4 is 5.73 Å². The van der Waals surface area contributed by atoms with Crippen molar-refractivity contribution in [2.45, 2.75) is 38.2 Å². The van der Waals surface area contributed by atoms with E-state index in [0.29, 0.717) is 0 Å². The molecule has 1 heterocycles. The van der Waals surface area contributed by atoms with Crippen LogP contribution in [0.5, 0.6) is 0 Å². The van der Waals surface area contributed by atoms with Crippen LogP contribution in [0.3, 0.4) is 0 Å². The van der Waals surface area contributed by atoms with Crippen molar-refractivity contribution in [2.75, 3.05) is 7.11 Å². The van der Waals surface area contributed by atoms with E-state index in [1.165, 1.54) is 0 Å². The summed E-state index contributed by atoms with van der Waals surface area (Å²) in [7, 11) is 1.65. The molecule has 0 bridgehead atoms. The van der Waals surface area contributed by atoms with Crippen LogP contribution in [-0.4, -0.2) is 25.5 Å². The van der Waals surface area contributed by atoms with E-state index in [9.17, 15) is 0 Å². The average Bonchev–Trinajstić information content (AvgIpc) is 1.85. The Labute approximate surface area is 61.5 Å². The summed E-state index contributed by atoms with van der Waals surface area (Å²) in [4.78, 5) is 0. The van der Waals surface area contributed by atoms with E-state index in [2.05, 4.69) is 0 Å². The number of hydrogen-bond donors (Lipinski definition) is 1. The van der Waals surface area contributed by atoms with Gasteiger partial charge in [0.05, 0.1) is 6.10 Å². The molecule has 3 atom stereocenters. The van der Waals surface area contributed by atoms with E-state index in [0.717, 1.165) is 12.8 Å². The molecule has 1 aliphatic rings. The standard InChI is InChI=1S/C7H15NO2/c1-5-3-6(8)4-7(9-2)10-5/h5-7H,3-4,8H2,1-2H3/t5-,6-,7+/m0/s1. The zero-order chi connectivity index (χ0) is 7.56. The van der Waals surface area contributed by atoms with Gasteiger partial charge in [-0.3, -0.25) is 0 Å². The minimum absolute atomic E-state index is 0.0845. The molecule has 0 aromatic rings. The van der Waals surface area contributed by atoms with Gasteiger partial charge in [0.15, 0.2) is 6.29 Å². The van der Waals surface area contributed by atoms with E-state index in [4.69, 9.17) is 15.2 Å². The van der Waals surface area contributed by atoms with Crippen LogP contribution in [0.4, 0.5) is 0 Å². The van der Waals surface area contributed by atoms with Crippen molar-refractivity contribution in [3.63, 3.8) is 0 Å². The van der Waals surface area contributed by atoms with Crippen LogP contribution in [0.2, 0.25) is 0 Å². The van der Waals surface area contributed by atoms with Crippen molar-refractivity contribution in [1.29, 1.82) is 0 Å². The molecule has 3 nitrogen and oxygen atoms in total. The fourth-order valence-electron chi connectivity index (χ4n) is 1.29. The van der Waals surface area contributed by atoms with Crippen molar-refractivity contribution in [2.24, 2.45) is 5.73 Å². The second-order valence-electron chi connectivity index (χ2n) is 2.84. The Morgan fingerprint density at radius 1 is 1.50 bits per heavy atom. The first-order valence-electron chi connectivity index (χ1n) is 3.66. The van der Waals surface area contributed by atoms with Gasteiger partial charge in [0.1, 0.15) is 0 Å². The molecule has 0 amide bonds. The maximum absolute atomic E-state index is 5.73. The second-order valence-corrected chi connectivity index (χ2v) is 2.84. The van der Waals surface area contributed by atoms with Gasteiger partial charge in [-0.25, -0.2) is 0 Å². The van der Waals surface area contributed by atoms with Crippen LogP contribution >= 0.6 is 0 Å². The molecular formula is C7H15NO2. The summed E-state index contributed by atoms with van der Waals surface area (Å²) < 4.78 is 10.4. The first kappa shape index (κ1) is 7.98. The van der Waals surface area contributed by atoms with Crippen molar-refractivity contribution >= 4 is 0 Å². The highest BCUT2D eigenvalue weighted by molar-refractivity contribution is 4.72. The lowest BCUT2D eigenvalue weighted by Crippen LogP contribution is -2.39. The Morgan fingerprint density at radius 2 is 2.20 bits per heavy atom. The number of nitrogens with two attached hydrogens (primary N) is 1. The van der Waals surface area contributed by atoms with E-state index in [1.54, 1.807) is 7.11 Å². The number of ether oxygens (including phenoxy) is 2. The second kappa shape index (κ2) is 3.32. The lowest BCUT2D eigenvalue weighted by atomic mass is 10.0. The van der Waals surface area contributed by atoms with Gasteiger partial charge in [-0.05, 0) is 13.3 Å². The van der Waals surface area contributed by atoms with Gasteiger partial charge < -0.3 is 15.2 Å². The Kier molecular flexibility index (Phi) is 2.65. The summed E-state index contributed by atoms with van der Waals surface area (Å²) >= 11 is 0. The third kappa shape index (κ3) is 1.94. The zero-order valence-corrected chi connectivity index (χ0v) is 6.54. The number of methoxy groups -OCH3 is 1. The SMILES string of the molecule is CO[C@H]1C[C@@H](N)C[C@H](C)O1. The fourth-order valence-corrected chi connectivity index (χ4v) is 1.29. The molecule has 3 heteroatoms. The number of rotatable bonds is 1. The van der Waals surface area contributed by atoms with Gasteiger partial charge in [-0.2, -0.15) is 0 Å². The van der Waals surface area contributed by atoms with Crippen LogP contribution in [-0.2, 0) is 9.47 Å². The monoisotopic (exact) mass is 145 g/mol. The summed E-state index contributed by atoms with van der Waals surface area (Å²) in [5.74, 6) is 0. The molecule has 1 fully saturated rings. The van der Waals surface area contributed by atoms with Crippen LogP contribution in [0.1, 0.15) is 19.8 Å². The van der Waals surface area contributed by atoms with Crippen molar-refractivity contribution < 1.29 is 9.47 Å². The third-order valence-corrected chi connectivity index (χ3v) is 1.78. The molecule has 0 aromatic heterocycles. The van der Waals surface area contributed by atoms with E-state index in [-0.39, 0.29) is 18.4 Å². The molecule has 10 heavy (non-hydrogen) atoms. The molecule has 0 aromatic carbocycles. The third-order valence-electron chi connectivity index (χ3n) is 1.78. The van der Waals surface area contributed by atoms with Gasteiger partial charge >= 0.3 is 0 Å². The highest BCUT2D eigenvalue weighted by atomic mass is 16.7. The van der Waals surface area contributed by atoms with Gasteiger partial charge in [-0.15, -0.1) is 0 Å². The smallest absolute Gasteiger partial charge is 0.159 e. The largest absolute Gasteiger partial charge is 0.356 e. The maximum Gasteiger partial charge on any atom is 0.159 e. The number of hydrogen-bond acceptors (Lipinski definition) is 3. The fraction of sp³-hybridized carbons (Fsp3) is 1.00. The lowest BCUT2D eigenvalue weighted by Gasteiger charge is -2.30. The quantitative estimate of drug-likeness (QED) is 0.584. The highest BCUT2D eigenvalue weighted by Gasteiger charge is 2.23. The molecule has 0 spiro atoms. The zero-order valence-electron chi connectivity index (χ0n) is 6.54. The molecule has 0 unspecified atom stereocenters. The van der Waals surface area contributed by atoms with Gasteiger partial charge in [-0.1, -0.05) is 0 Å². The Balaban J connectivity index is 2.35. The van der Waals surface area contributed by atoms with Crippen LogP contribution in [0.15, 0.2) is 0 Å². The molecule has 0 saturated carbocycles. The topological polar surface area (TPSA) is 44.5 Å². The van der Waals surface area contributed by atoms with Crippen LogP contribution in [0, 0.1) is 0 Å². The van der Waals surface area contributed by atoms with E-state index < -0.39 is 0 Å². The predicted molar refractivity (Wildman–Crippen MR) is 38.6 cm³/mol. The molecule has 1 aliphatic heterocycles. The van der Waals surface area contributed by atoms with E-state index >= 15 is 0 Å². The predicted octanol–water partition coefficient (Wildman–Crippen LogP) is 0.485. The first-order chi connectivity index (χ1) is 4.72. The average molecular weight is 145 g/mol. The van der Waals surface area contributed by atoms with E-state index in [1.807, 2.05) is 6.92 Å². The molecule has 60 valence electrons. The van der Waals surface area contributed by atoms with Gasteiger partial charge in [0.2, 0.25) is 0 Å². The van der Waals surface area contributed by atoms with Gasteiger partial charge in [0, 0.05) is 19.6 Å². The van der Waals surface area contributed by atoms with Crippen LogP contribution in [0.25, 0.3) is 0 Å². The van der Waals surface area contributed by atoms with Gasteiger partial charge in [0.25, 0.3) is 0 Å². The summed E-state index contributed by atoms with van der Waals surface area (Å²) in [5, 5.41) is 0. The molecule has 2 N–H and O–H groups in total. The minimum atomic E-state index is -0.0845.